The van der Waals surface area contributed by atoms with E-state index < -0.39 is 12.1 Å². The van der Waals surface area contributed by atoms with E-state index in [-0.39, 0.29) is 5.69 Å². The SMILES string of the molecule is O=C(O)c1nc(C2CCNCC2)n2c1CC(O)CC2. The number of aliphatic hydroxyl groups is 1. The molecule has 1 unspecified atom stereocenters. The lowest BCUT2D eigenvalue weighted by Crippen LogP contribution is -2.30. The highest BCUT2D eigenvalue weighted by molar-refractivity contribution is 5.87. The molecule has 2 aliphatic rings. The molecule has 0 bridgehead atoms. The van der Waals surface area contributed by atoms with E-state index in [4.69, 9.17) is 0 Å². The first-order chi connectivity index (χ1) is 9.16. The highest BCUT2D eigenvalue weighted by atomic mass is 16.4. The second kappa shape index (κ2) is 4.94. The molecule has 0 aromatic carbocycles. The van der Waals surface area contributed by atoms with Gasteiger partial charge in [0.15, 0.2) is 5.69 Å². The molecule has 0 spiro atoms. The van der Waals surface area contributed by atoms with E-state index in [9.17, 15) is 15.0 Å². The topological polar surface area (TPSA) is 87.4 Å². The number of fused-ring (bicyclic) bond motifs is 1. The van der Waals surface area contributed by atoms with Crippen molar-refractivity contribution >= 4 is 5.97 Å². The summed E-state index contributed by atoms with van der Waals surface area (Å²) < 4.78 is 2.03. The molecule has 0 radical (unpaired) electrons. The van der Waals surface area contributed by atoms with Crippen LogP contribution in [0.25, 0.3) is 0 Å². The normalized spacial score (nSPS) is 24.2. The molecule has 1 aromatic rings. The molecule has 1 saturated heterocycles. The molecule has 104 valence electrons. The third kappa shape index (κ3) is 2.26. The minimum absolute atomic E-state index is 0.132. The number of carbonyl (C=O) groups is 1. The number of imidazole rings is 1. The number of carboxylic acid groups (broad SMARTS) is 1. The Morgan fingerprint density at radius 1 is 1.32 bits per heavy atom. The molecule has 1 atom stereocenters. The fraction of sp³-hybridized carbons (Fsp3) is 0.692. The number of aliphatic hydroxyl groups excluding tert-OH is 1. The molecule has 0 saturated carbocycles. The third-order valence-corrected chi connectivity index (χ3v) is 4.12. The van der Waals surface area contributed by atoms with E-state index in [1.807, 2.05) is 4.57 Å². The molecule has 0 aliphatic carbocycles. The summed E-state index contributed by atoms with van der Waals surface area (Å²) in [5, 5.41) is 22.3. The van der Waals surface area contributed by atoms with Gasteiger partial charge >= 0.3 is 5.97 Å². The maximum absolute atomic E-state index is 11.3. The van der Waals surface area contributed by atoms with Gasteiger partial charge in [-0.3, -0.25) is 0 Å². The second-order valence-electron chi connectivity index (χ2n) is 5.39. The van der Waals surface area contributed by atoms with Crippen molar-refractivity contribution in [2.24, 2.45) is 0 Å². The van der Waals surface area contributed by atoms with Crippen molar-refractivity contribution in [3.05, 3.63) is 17.2 Å². The quantitative estimate of drug-likeness (QED) is 0.718. The van der Waals surface area contributed by atoms with Gasteiger partial charge in [0.2, 0.25) is 0 Å². The molecule has 3 rings (SSSR count). The van der Waals surface area contributed by atoms with Gasteiger partial charge in [0.25, 0.3) is 0 Å². The Morgan fingerprint density at radius 3 is 2.74 bits per heavy atom. The molecule has 3 N–H and O–H groups in total. The fourth-order valence-electron chi connectivity index (χ4n) is 3.13. The molecule has 6 heteroatoms. The number of hydrogen-bond donors (Lipinski definition) is 3. The van der Waals surface area contributed by atoms with E-state index in [0.717, 1.165) is 31.8 Å². The fourth-order valence-corrected chi connectivity index (χ4v) is 3.13. The van der Waals surface area contributed by atoms with E-state index in [1.165, 1.54) is 0 Å². The monoisotopic (exact) mass is 265 g/mol. The molecule has 6 nitrogen and oxygen atoms in total. The van der Waals surface area contributed by atoms with Gasteiger partial charge in [-0.25, -0.2) is 9.78 Å². The van der Waals surface area contributed by atoms with Gasteiger partial charge in [-0.15, -0.1) is 0 Å². The molecular formula is C13H19N3O3. The van der Waals surface area contributed by atoms with E-state index in [2.05, 4.69) is 10.3 Å². The Labute approximate surface area is 111 Å². The predicted octanol–water partition coefficient (Wildman–Crippen LogP) is 0.355. The molecule has 0 amide bonds. The summed E-state index contributed by atoms with van der Waals surface area (Å²) in [5.74, 6) is 0.252. The summed E-state index contributed by atoms with van der Waals surface area (Å²) in [4.78, 5) is 15.7. The molecule has 1 aromatic heterocycles. The van der Waals surface area contributed by atoms with Gasteiger partial charge in [-0.1, -0.05) is 0 Å². The predicted molar refractivity (Wildman–Crippen MR) is 68.4 cm³/mol. The number of carboxylic acids is 1. The van der Waals surface area contributed by atoms with Crippen molar-refractivity contribution in [1.29, 1.82) is 0 Å². The minimum Gasteiger partial charge on any atom is -0.476 e. The maximum atomic E-state index is 11.3. The molecule has 1 fully saturated rings. The lowest BCUT2D eigenvalue weighted by atomic mass is 9.96. The van der Waals surface area contributed by atoms with Crippen molar-refractivity contribution in [1.82, 2.24) is 14.9 Å². The van der Waals surface area contributed by atoms with E-state index in [1.54, 1.807) is 0 Å². The van der Waals surface area contributed by atoms with Crippen LogP contribution >= 0.6 is 0 Å². The van der Waals surface area contributed by atoms with Crippen LogP contribution < -0.4 is 5.32 Å². The van der Waals surface area contributed by atoms with Crippen molar-refractivity contribution in [3.63, 3.8) is 0 Å². The van der Waals surface area contributed by atoms with E-state index >= 15 is 0 Å². The van der Waals surface area contributed by atoms with Crippen LogP contribution in [-0.2, 0) is 13.0 Å². The zero-order chi connectivity index (χ0) is 13.4. The highest BCUT2D eigenvalue weighted by Crippen LogP contribution is 2.30. The summed E-state index contributed by atoms with van der Waals surface area (Å²) >= 11 is 0. The average Bonchev–Trinajstić information content (AvgIpc) is 2.78. The number of hydrogen-bond acceptors (Lipinski definition) is 4. The third-order valence-electron chi connectivity index (χ3n) is 4.12. The van der Waals surface area contributed by atoms with Gasteiger partial charge in [-0.05, 0) is 32.4 Å². The number of nitrogens with zero attached hydrogens (tertiary/aromatic N) is 2. The molecule has 3 heterocycles. The van der Waals surface area contributed by atoms with Crippen LogP contribution in [0, 0.1) is 0 Å². The first-order valence-corrected chi connectivity index (χ1v) is 6.88. The Hall–Kier alpha value is -1.40. The summed E-state index contributed by atoms with van der Waals surface area (Å²) in [6, 6.07) is 0. The summed E-state index contributed by atoms with van der Waals surface area (Å²) in [6.07, 6.45) is 2.64. The van der Waals surface area contributed by atoms with Crippen LogP contribution in [0.15, 0.2) is 0 Å². The Morgan fingerprint density at radius 2 is 2.05 bits per heavy atom. The zero-order valence-corrected chi connectivity index (χ0v) is 10.8. The molecule has 2 aliphatic heterocycles. The van der Waals surface area contributed by atoms with Gasteiger partial charge in [0.05, 0.1) is 11.8 Å². The van der Waals surface area contributed by atoms with Gasteiger partial charge < -0.3 is 20.1 Å². The van der Waals surface area contributed by atoms with Crippen molar-refractivity contribution in [3.8, 4) is 0 Å². The minimum atomic E-state index is -0.988. The Balaban J connectivity index is 2.00. The van der Waals surface area contributed by atoms with Crippen LogP contribution in [0.4, 0.5) is 0 Å². The first kappa shape index (κ1) is 12.6. The summed E-state index contributed by atoms with van der Waals surface area (Å²) in [5.41, 5.74) is 0.826. The number of nitrogens with one attached hydrogen (secondary N) is 1. The molecule has 19 heavy (non-hydrogen) atoms. The maximum Gasteiger partial charge on any atom is 0.356 e. The number of aromatic nitrogens is 2. The number of rotatable bonds is 2. The van der Waals surface area contributed by atoms with Crippen LogP contribution in [-0.4, -0.2) is 44.9 Å². The number of piperidine rings is 1. The number of aromatic carboxylic acids is 1. The lowest BCUT2D eigenvalue weighted by molar-refractivity contribution is 0.0687. The van der Waals surface area contributed by atoms with Crippen LogP contribution in [0.3, 0.4) is 0 Å². The lowest BCUT2D eigenvalue weighted by Gasteiger charge is -2.26. The van der Waals surface area contributed by atoms with Gasteiger partial charge in [-0.2, -0.15) is 0 Å². The summed E-state index contributed by atoms with van der Waals surface area (Å²) in [6.45, 7) is 2.59. The second-order valence-corrected chi connectivity index (χ2v) is 5.39. The van der Waals surface area contributed by atoms with Crippen LogP contribution in [0.2, 0.25) is 0 Å². The smallest absolute Gasteiger partial charge is 0.356 e. The van der Waals surface area contributed by atoms with Crippen LogP contribution in [0.5, 0.6) is 0 Å². The van der Waals surface area contributed by atoms with Gasteiger partial charge in [0.1, 0.15) is 5.82 Å². The highest BCUT2D eigenvalue weighted by Gasteiger charge is 2.30. The van der Waals surface area contributed by atoms with E-state index in [0.29, 0.717) is 31.0 Å². The van der Waals surface area contributed by atoms with Crippen molar-refractivity contribution in [2.75, 3.05) is 13.1 Å². The first-order valence-electron chi connectivity index (χ1n) is 6.88. The van der Waals surface area contributed by atoms with Crippen molar-refractivity contribution < 1.29 is 15.0 Å². The average molecular weight is 265 g/mol. The molecular weight excluding hydrogens is 246 g/mol. The van der Waals surface area contributed by atoms with Crippen LogP contribution in [0.1, 0.15) is 47.2 Å². The Bertz CT molecular complexity index is 492. The summed E-state index contributed by atoms with van der Waals surface area (Å²) in [7, 11) is 0. The van der Waals surface area contributed by atoms with Crippen molar-refractivity contribution in [2.45, 2.75) is 44.2 Å². The van der Waals surface area contributed by atoms with Gasteiger partial charge in [0, 0.05) is 18.9 Å². The zero-order valence-electron chi connectivity index (χ0n) is 10.8. The standard InChI is InChI=1S/C13H19N3O3/c17-9-3-6-16-10(7-9)11(13(18)19)15-12(16)8-1-4-14-5-2-8/h8-9,14,17H,1-7H2,(H,18,19). The Kier molecular flexibility index (Phi) is 3.28. The largest absolute Gasteiger partial charge is 0.476 e.